The van der Waals surface area contributed by atoms with Crippen molar-refractivity contribution in [3.63, 3.8) is 0 Å². The minimum absolute atomic E-state index is 0. The van der Waals surface area contributed by atoms with Crippen LogP contribution in [0.25, 0.3) is 33.5 Å². The molecule has 1 N–H and O–H groups in total. The number of imidazole rings is 1. The Morgan fingerprint density at radius 3 is 2.27 bits per heavy atom. The normalized spacial score (nSPS) is 15.0. The molecule has 0 amide bonds. The Hall–Kier alpha value is -4.40. The lowest BCUT2D eigenvalue weighted by Gasteiger charge is -2.25. The number of benzene rings is 4. The van der Waals surface area contributed by atoms with Gasteiger partial charge in [-0.15, -0.1) is 12.4 Å². The van der Waals surface area contributed by atoms with E-state index in [1.165, 1.54) is 12.1 Å². The number of fused-ring (bicyclic) bond motifs is 1. The quantitative estimate of drug-likeness (QED) is 0.164. The second-order valence-electron chi connectivity index (χ2n) is 12.4. The lowest BCUT2D eigenvalue weighted by Crippen LogP contribution is -2.18. The summed E-state index contributed by atoms with van der Waals surface area (Å²) in [5, 5.41) is 10.2. The van der Waals surface area contributed by atoms with Crippen molar-refractivity contribution in [2.24, 2.45) is 0 Å². The third-order valence-corrected chi connectivity index (χ3v) is 9.65. The molecule has 1 aromatic heterocycles. The van der Waals surface area contributed by atoms with Crippen LogP contribution in [0.2, 0.25) is 5.02 Å². The second-order valence-corrected chi connectivity index (χ2v) is 12.9. The summed E-state index contributed by atoms with van der Waals surface area (Å²) in [6.07, 6.45) is 7.42. The van der Waals surface area contributed by atoms with Gasteiger partial charge in [0, 0.05) is 29.8 Å². The van der Waals surface area contributed by atoms with Crippen molar-refractivity contribution in [3.05, 3.63) is 106 Å². The standard InChI is InChI=1S/C38H35ClFN3O4.ClH/c39-28-12-8-24(9-13-28)31-16-14-30(42-18-4-5-19-42)20-27(31)23-47-38(46)26-10-15-32(33(40)21-26)36-41-34-22-25(37(44)45)11-17-35(34)43(36)29-6-2-1-3-7-29;/h8-17,20-22,29H,1-7,18-19,23H2,(H,44,45);1H. The van der Waals surface area contributed by atoms with Crippen molar-refractivity contribution >= 4 is 52.7 Å². The number of halogens is 3. The number of aromatic carboxylic acids is 1. The highest BCUT2D eigenvalue weighted by atomic mass is 35.5. The van der Waals surface area contributed by atoms with Gasteiger partial charge < -0.3 is 19.3 Å². The van der Waals surface area contributed by atoms with E-state index < -0.39 is 17.8 Å². The van der Waals surface area contributed by atoms with Crippen molar-refractivity contribution in [3.8, 4) is 22.5 Å². The Bertz CT molecular complexity index is 1970. The van der Waals surface area contributed by atoms with E-state index in [1.807, 2.05) is 34.9 Å². The molecule has 1 saturated carbocycles. The Morgan fingerprint density at radius 2 is 1.56 bits per heavy atom. The average Bonchev–Trinajstić information content (AvgIpc) is 3.76. The first-order valence-electron chi connectivity index (χ1n) is 16.2. The number of rotatable bonds is 8. The van der Waals surface area contributed by atoms with E-state index >= 15 is 4.39 Å². The van der Waals surface area contributed by atoms with Crippen LogP contribution in [0.1, 0.15) is 77.3 Å². The number of esters is 1. The molecular formula is C38H36Cl2FN3O4. The number of carboxylic acids is 1. The molecule has 2 aliphatic rings. The number of carbonyl (C=O) groups excluding carboxylic acids is 1. The molecule has 7 nitrogen and oxygen atoms in total. The highest BCUT2D eigenvalue weighted by Crippen LogP contribution is 2.37. The second kappa shape index (κ2) is 14.4. The fourth-order valence-corrected chi connectivity index (χ4v) is 7.09. The molecule has 48 heavy (non-hydrogen) atoms. The van der Waals surface area contributed by atoms with Gasteiger partial charge in [-0.25, -0.2) is 19.0 Å². The predicted molar refractivity (Wildman–Crippen MR) is 189 cm³/mol. The topological polar surface area (TPSA) is 84.7 Å². The van der Waals surface area contributed by atoms with E-state index in [9.17, 15) is 14.7 Å². The molecule has 1 aliphatic carbocycles. The molecule has 1 saturated heterocycles. The maximum atomic E-state index is 15.9. The van der Waals surface area contributed by atoms with Gasteiger partial charge in [0.2, 0.25) is 0 Å². The third kappa shape index (κ3) is 6.78. The van der Waals surface area contributed by atoms with Gasteiger partial charge in [0.25, 0.3) is 0 Å². The van der Waals surface area contributed by atoms with E-state index in [-0.39, 0.29) is 41.7 Å². The zero-order valence-electron chi connectivity index (χ0n) is 26.3. The molecule has 248 valence electrons. The summed E-state index contributed by atoms with van der Waals surface area (Å²) in [7, 11) is 0. The number of ether oxygens (including phenoxy) is 1. The van der Waals surface area contributed by atoms with Crippen LogP contribution in [-0.4, -0.2) is 39.7 Å². The third-order valence-electron chi connectivity index (χ3n) is 9.40. The summed E-state index contributed by atoms with van der Waals surface area (Å²) in [6, 6.07) is 23.0. The average molecular weight is 689 g/mol. The highest BCUT2D eigenvalue weighted by molar-refractivity contribution is 6.30. The summed E-state index contributed by atoms with van der Waals surface area (Å²) in [6.45, 7) is 1.99. The van der Waals surface area contributed by atoms with Gasteiger partial charge >= 0.3 is 11.9 Å². The molecule has 10 heteroatoms. The summed E-state index contributed by atoms with van der Waals surface area (Å²) in [5.41, 5.74) is 5.58. The summed E-state index contributed by atoms with van der Waals surface area (Å²) >= 11 is 6.14. The Labute approximate surface area is 289 Å². The largest absolute Gasteiger partial charge is 0.478 e. The fourth-order valence-electron chi connectivity index (χ4n) is 6.96. The molecule has 4 aromatic carbocycles. The number of hydrogen-bond donors (Lipinski definition) is 1. The summed E-state index contributed by atoms with van der Waals surface area (Å²) in [5.74, 6) is -1.84. The van der Waals surface area contributed by atoms with E-state index in [1.54, 1.807) is 24.3 Å². The van der Waals surface area contributed by atoms with Crippen LogP contribution in [0, 0.1) is 5.82 Å². The van der Waals surface area contributed by atoms with Crippen LogP contribution in [0.3, 0.4) is 0 Å². The minimum atomic E-state index is -1.04. The van der Waals surface area contributed by atoms with Crippen LogP contribution < -0.4 is 4.90 Å². The van der Waals surface area contributed by atoms with E-state index in [4.69, 9.17) is 21.3 Å². The maximum absolute atomic E-state index is 15.9. The zero-order chi connectivity index (χ0) is 32.5. The molecule has 0 atom stereocenters. The Balaban J connectivity index is 0.00000401. The van der Waals surface area contributed by atoms with Crippen molar-refractivity contribution in [1.82, 2.24) is 9.55 Å². The first kappa shape index (κ1) is 33.5. The molecule has 0 bridgehead atoms. The lowest BCUT2D eigenvalue weighted by atomic mass is 9.94. The van der Waals surface area contributed by atoms with Crippen LogP contribution >= 0.6 is 24.0 Å². The molecule has 7 rings (SSSR count). The zero-order valence-corrected chi connectivity index (χ0v) is 27.9. The number of hydrogen-bond acceptors (Lipinski definition) is 5. The van der Waals surface area contributed by atoms with Crippen molar-refractivity contribution in [1.29, 1.82) is 0 Å². The molecule has 0 radical (unpaired) electrons. The molecule has 0 unspecified atom stereocenters. The molecular weight excluding hydrogens is 652 g/mol. The summed E-state index contributed by atoms with van der Waals surface area (Å²) < 4.78 is 23.8. The SMILES string of the molecule is Cl.O=C(O)c1ccc2c(c1)nc(-c1ccc(C(=O)OCc3cc(N4CCCC4)ccc3-c3ccc(Cl)cc3)cc1F)n2C1CCCCC1. The fraction of sp³-hybridized carbons (Fsp3) is 0.289. The van der Waals surface area contributed by atoms with Crippen LogP contribution in [0.4, 0.5) is 10.1 Å². The van der Waals surface area contributed by atoms with Gasteiger partial charge in [0.15, 0.2) is 0 Å². The van der Waals surface area contributed by atoms with E-state index in [0.717, 1.165) is 85.9 Å². The lowest BCUT2D eigenvalue weighted by molar-refractivity contribution is 0.0472. The first-order valence-corrected chi connectivity index (χ1v) is 16.6. The van der Waals surface area contributed by atoms with Gasteiger partial charge in [-0.2, -0.15) is 0 Å². The maximum Gasteiger partial charge on any atom is 0.338 e. The van der Waals surface area contributed by atoms with E-state index in [0.29, 0.717) is 16.4 Å². The number of aromatic nitrogens is 2. The van der Waals surface area contributed by atoms with Gasteiger partial charge in [-0.05, 0) is 103 Å². The smallest absolute Gasteiger partial charge is 0.338 e. The summed E-state index contributed by atoms with van der Waals surface area (Å²) in [4.78, 5) is 32.0. The molecule has 5 aromatic rings. The van der Waals surface area contributed by atoms with Crippen LogP contribution in [0.15, 0.2) is 78.9 Å². The number of carboxylic acid groups (broad SMARTS) is 1. The van der Waals surface area contributed by atoms with Gasteiger partial charge in [0.05, 0.1) is 27.7 Å². The van der Waals surface area contributed by atoms with Crippen molar-refractivity contribution in [2.75, 3.05) is 18.0 Å². The van der Waals surface area contributed by atoms with Gasteiger partial charge in [-0.3, -0.25) is 0 Å². The first-order chi connectivity index (χ1) is 22.9. The molecule has 2 heterocycles. The van der Waals surface area contributed by atoms with Gasteiger partial charge in [-0.1, -0.05) is 49.1 Å². The van der Waals surface area contributed by atoms with E-state index in [2.05, 4.69) is 17.0 Å². The Kier molecular flexibility index (Phi) is 10.0. The number of carbonyl (C=O) groups is 2. The number of nitrogens with zero attached hydrogens (tertiary/aromatic N) is 3. The van der Waals surface area contributed by atoms with Crippen molar-refractivity contribution in [2.45, 2.75) is 57.6 Å². The highest BCUT2D eigenvalue weighted by Gasteiger charge is 2.25. The van der Waals surface area contributed by atoms with Crippen LogP contribution in [0.5, 0.6) is 0 Å². The monoisotopic (exact) mass is 687 g/mol. The predicted octanol–water partition coefficient (Wildman–Crippen LogP) is 9.75. The molecule has 1 aliphatic heterocycles. The Morgan fingerprint density at radius 1 is 0.854 bits per heavy atom. The minimum Gasteiger partial charge on any atom is -0.478 e. The van der Waals surface area contributed by atoms with Gasteiger partial charge in [0.1, 0.15) is 18.2 Å². The molecule has 2 fully saturated rings. The van der Waals surface area contributed by atoms with Crippen molar-refractivity contribution < 1.29 is 23.8 Å². The number of anilines is 1. The van der Waals surface area contributed by atoms with Crippen LogP contribution in [-0.2, 0) is 11.3 Å². The molecule has 0 spiro atoms.